The Morgan fingerprint density at radius 3 is 2.32 bits per heavy atom. The summed E-state index contributed by atoms with van der Waals surface area (Å²) in [6.07, 6.45) is -0.173. The van der Waals surface area contributed by atoms with Crippen LogP contribution in [0, 0.1) is 0 Å². The molecule has 0 aliphatic carbocycles. The van der Waals surface area contributed by atoms with Crippen LogP contribution in [0.15, 0.2) is 48.5 Å². The van der Waals surface area contributed by atoms with Crippen LogP contribution in [0.2, 0.25) is 0 Å². The molecule has 1 amide bonds. The Balaban J connectivity index is 2.18. The average molecular weight is 342 g/mol. The summed E-state index contributed by atoms with van der Waals surface area (Å²) < 4.78 is 10.4. The fraction of sp³-hybridized carbons (Fsp3) is 0.263. The molecule has 6 nitrogen and oxygen atoms in total. The van der Waals surface area contributed by atoms with Gasteiger partial charge in [0.05, 0.1) is 26.7 Å². The lowest BCUT2D eigenvalue weighted by Gasteiger charge is -2.21. The molecule has 0 saturated heterocycles. The van der Waals surface area contributed by atoms with Crippen LogP contribution in [0.4, 0.5) is 0 Å². The maximum atomic E-state index is 12.3. The molecule has 2 aromatic rings. The fourth-order valence-corrected chi connectivity index (χ4v) is 2.52. The monoisotopic (exact) mass is 342 g/mol. The number of hydrogen-bond donors (Lipinski definition) is 1. The first-order valence-electron chi connectivity index (χ1n) is 7.78. The van der Waals surface area contributed by atoms with Gasteiger partial charge in [0.15, 0.2) is 11.5 Å². The molecule has 2 rings (SSSR count). The van der Waals surface area contributed by atoms with E-state index in [2.05, 4.69) is 5.32 Å². The summed E-state index contributed by atoms with van der Waals surface area (Å²) in [5, 5.41) is 13.8. The van der Waals surface area contributed by atoms with Crippen molar-refractivity contribution in [2.75, 3.05) is 14.2 Å². The van der Waals surface area contributed by atoms with Crippen LogP contribution in [0.3, 0.4) is 0 Å². The molecule has 2 aromatic carbocycles. The van der Waals surface area contributed by atoms with Gasteiger partial charge >= 0.3 is 0 Å². The van der Waals surface area contributed by atoms with Crippen LogP contribution in [0.1, 0.15) is 23.6 Å². The van der Waals surface area contributed by atoms with Crippen molar-refractivity contribution in [1.82, 2.24) is 5.32 Å². The number of hydrogen-bond acceptors (Lipinski definition) is 5. The molecule has 0 aliphatic heterocycles. The van der Waals surface area contributed by atoms with Crippen molar-refractivity contribution < 1.29 is 24.2 Å². The van der Waals surface area contributed by atoms with Crippen molar-refractivity contribution in [2.24, 2.45) is 0 Å². The summed E-state index contributed by atoms with van der Waals surface area (Å²) in [6.45, 7) is 0. The molecule has 0 bridgehead atoms. The summed E-state index contributed by atoms with van der Waals surface area (Å²) in [5.41, 5.74) is 1.45. The molecule has 0 aliphatic rings. The molecule has 0 aromatic heterocycles. The first kappa shape index (κ1) is 18.3. The van der Waals surface area contributed by atoms with E-state index >= 15 is 0 Å². The van der Waals surface area contributed by atoms with Gasteiger partial charge in [0.25, 0.3) is 0 Å². The van der Waals surface area contributed by atoms with Crippen molar-refractivity contribution in [3.8, 4) is 11.5 Å². The molecule has 0 radical (unpaired) electrons. The van der Waals surface area contributed by atoms with Gasteiger partial charge in [-0.1, -0.05) is 36.4 Å². The molecular formula is C19H20NO5-. The third-order valence-corrected chi connectivity index (χ3v) is 3.72. The number of carbonyl (C=O) groups is 2. The van der Waals surface area contributed by atoms with Crippen molar-refractivity contribution >= 4 is 11.9 Å². The molecule has 132 valence electrons. The smallest absolute Gasteiger partial charge is 0.224 e. The van der Waals surface area contributed by atoms with Gasteiger partial charge in [0.2, 0.25) is 5.91 Å². The number of aliphatic carboxylic acids is 1. The summed E-state index contributed by atoms with van der Waals surface area (Å²) >= 11 is 0. The van der Waals surface area contributed by atoms with E-state index < -0.39 is 12.0 Å². The number of nitrogens with one attached hydrogen (secondary N) is 1. The van der Waals surface area contributed by atoms with E-state index in [4.69, 9.17) is 9.47 Å². The van der Waals surface area contributed by atoms with E-state index in [9.17, 15) is 14.7 Å². The quantitative estimate of drug-likeness (QED) is 0.780. The molecule has 1 N–H and O–H groups in total. The Morgan fingerprint density at radius 1 is 1.04 bits per heavy atom. The Labute approximate surface area is 146 Å². The number of rotatable bonds is 8. The molecule has 25 heavy (non-hydrogen) atoms. The highest BCUT2D eigenvalue weighted by Crippen LogP contribution is 2.30. The van der Waals surface area contributed by atoms with Crippen molar-refractivity contribution in [2.45, 2.75) is 18.9 Å². The second kappa shape index (κ2) is 8.73. The minimum absolute atomic E-state index is 0.164. The molecule has 0 fully saturated rings. The number of carboxylic acids is 1. The summed E-state index contributed by atoms with van der Waals surface area (Å²) in [7, 11) is 3.00. The van der Waals surface area contributed by atoms with E-state index in [0.29, 0.717) is 17.1 Å². The zero-order chi connectivity index (χ0) is 18.2. The van der Waals surface area contributed by atoms with Gasteiger partial charge in [0, 0.05) is 12.4 Å². The standard InChI is InChI=1S/C19H21NO5/c1-24-16-9-8-14(11-17(16)25-2)15(12-19(22)23)20-18(21)10-13-6-4-3-5-7-13/h3-9,11,15H,10,12H2,1-2H3,(H,20,21)(H,22,23)/p-1/t15-/m1/s1. The predicted octanol–water partition coefficient (Wildman–Crippen LogP) is 1.24. The second-order valence-corrected chi connectivity index (χ2v) is 5.47. The number of amides is 1. The first-order valence-corrected chi connectivity index (χ1v) is 7.78. The minimum atomic E-state index is -1.25. The van der Waals surface area contributed by atoms with Crippen molar-refractivity contribution in [1.29, 1.82) is 0 Å². The second-order valence-electron chi connectivity index (χ2n) is 5.47. The largest absolute Gasteiger partial charge is 0.550 e. The zero-order valence-corrected chi connectivity index (χ0v) is 14.2. The maximum absolute atomic E-state index is 12.3. The first-order chi connectivity index (χ1) is 12.0. The number of carbonyl (C=O) groups excluding carboxylic acids is 2. The molecule has 1 atom stereocenters. The topological polar surface area (TPSA) is 87.7 Å². The van der Waals surface area contributed by atoms with Crippen LogP contribution < -0.4 is 19.9 Å². The Hall–Kier alpha value is -3.02. The van der Waals surface area contributed by atoms with Crippen molar-refractivity contribution in [3.63, 3.8) is 0 Å². The number of methoxy groups -OCH3 is 2. The Kier molecular flexibility index (Phi) is 6.39. The SMILES string of the molecule is COc1ccc([C@@H](CC(=O)[O-])NC(=O)Cc2ccccc2)cc1OC. The summed E-state index contributed by atoms with van der Waals surface area (Å²) in [4.78, 5) is 23.4. The third kappa shape index (κ3) is 5.24. The van der Waals surface area contributed by atoms with E-state index in [1.165, 1.54) is 14.2 Å². The molecule has 0 spiro atoms. The number of ether oxygens (including phenoxy) is 2. The van der Waals surface area contributed by atoms with Crippen LogP contribution in [-0.2, 0) is 16.0 Å². The molecule has 0 saturated carbocycles. The highest BCUT2D eigenvalue weighted by atomic mass is 16.5. The van der Waals surface area contributed by atoms with Gasteiger partial charge in [0.1, 0.15) is 0 Å². The highest BCUT2D eigenvalue weighted by molar-refractivity contribution is 5.79. The number of benzene rings is 2. The minimum Gasteiger partial charge on any atom is -0.550 e. The summed E-state index contributed by atoms with van der Waals surface area (Å²) in [6, 6.07) is 13.5. The fourth-order valence-electron chi connectivity index (χ4n) is 2.52. The zero-order valence-electron chi connectivity index (χ0n) is 14.2. The number of carboxylic acid groups (broad SMARTS) is 1. The molecule has 0 heterocycles. The van der Waals surface area contributed by atoms with E-state index in [-0.39, 0.29) is 18.7 Å². The van der Waals surface area contributed by atoms with Crippen LogP contribution in [0.5, 0.6) is 11.5 Å². The maximum Gasteiger partial charge on any atom is 0.224 e. The van der Waals surface area contributed by atoms with Gasteiger partial charge in [-0.25, -0.2) is 0 Å². The van der Waals surface area contributed by atoms with E-state index in [1.54, 1.807) is 18.2 Å². The lowest BCUT2D eigenvalue weighted by Crippen LogP contribution is -2.35. The predicted molar refractivity (Wildman–Crippen MR) is 90.2 cm³/mol. The lowest BCUT2D eigenvalue weighted by atomic mass is 10.0. The normalized spacial score (nSPS) is 11.4. The van der Waals surface area contributed by atoms with Crippen LogP contribution >= 0.6 is 0 Å². The average Bonchev–Trinajstić information content (AvgIpc) is 2.61. The lowest BCUT2D eigenvalue weighted by molar-refractivity contribution is -0.306. The molecular weight excluding hydrogens is 322 g/mol. The molecule has 0 unspecified atom stereocenters. The van der Waals surface area contributed by atoms with Crippen molar-refractivity contribution in [3.05, 3.63) is 59.7 Å². The van der Waals surface area contributed by atoms with E-state index in [1.807, 2.05) is 30.3 Å². The Morgan fingerprint density at radius 2 is 1.72 bits per heavy atom. The van der Waals surface area contributed by atoms with Gasteiger partial charge in [-0.05, 0) is 23.3 Å². The van der Waals surface area contributed by atoms with E-state index in [0.717, 1.165) is 5.56 Å². The Bertz CT molecular complexity index is 730. The van der Waals surface area contributed by atoms with Gasteiger partial charge in [-0.2, -0.15) is 0 Å². The van der Waals surface area contributed by atoms with Gasteiger partial charge in [-0.15, -0.1) is 0 Å². The highest BCUT2D eigenvalue weighted by Gasteiger charge is 2.17. The van der Waals surface area contributed by atoms with Crippen LogP contribution in [0.25, 0.3) is 0 Å². The summed E-state index contributed by atoms with van der Waals surface area (Å²) in [5.74, 6) is -0.540. The van der Waals surface area contributed by atoms with Gasteiger partial charge in [-0.3, -0.25) is 4.79 Å². The van der Waals surface area contributed by atoms with Crippen LogP contribution in [-0.4, -0.2) is 26.1 Å². The van der Waals surface area contributed by atoms with Gasteiger partial charge < -0.3 is 24.7 Å². The third-order valence-electron chi connectivity index (χ3n) is 3.72. The molecule has 6 heteroatoms.